The molecule has 0 heterocycles. The molecular formula is C77H64N4. The monoisotopic (exact) mass is 1040 g/mol. The topological polar surface area (TPSA) is 13.0 Å². The van der Waals surface area contributed by atoms with Gasteiger partial charge in [0.25, 0.3) is 0 Å². The van der Waals surface area contributed by atoms with Crippen molar-refractivity contribution < 1.29 is 0 Å². The smallest absolute Gasteiger partial charge is 0.0620 e. The molecule has 0 atom stereocenters. The Kier molecular flexibility index (Phi) is 13.4. The highest BCUT2D eigenvalue weighted by molar-refractivity contribution is 6.24. The summed E-state index contributed by atoms with van der Waals surface area (Å²) in [6, 6.07) is 107. The van der Waals surface area contributed by atoms with E-state index in [9.17, 15) is 0 Å². The van der Waals surface area contributed by atoms with Crippen molar-refractivity contribution in [3.05, 3.63) is 302 Å². The fourth-order valence-corrected chi connectivity index (χ4v) is 11.7. The van der Waals surface area contributed by atoms with E-state index in [0.29, 0.717) is 5.92 Å². The summed E-state index contributed by atoms with van der Waals surface area (Å²) >= 11 is 0. The number of rotatable bonds is 13. The van der Waals surface area contributed by atoms with Crippen molar-refractivity contribution in [3.63, 3.8) is 0 Å². The number of para-hydroxylation sites is 4. The third kappa shape index (κ3) is 9.80. The van der Waals surface area contributed by atoms with E-state index in [4.69, 9.17) is 0 Å². The Morgan fingerprint density at radius 2 is 0.543 bits per heavy atom. The van der Waals surface area contributed by atoms with Gasteiger partial charge < -0.3 is 19.6 Å². The van der Waals surface area contributed by atoms with Crippen LogP contribution in [0.4, 0.5) is 68.2 Å². The Bertz CT molecular complexity index is 4260. The van der Waals surface area contributed by atoms with Crippen LogP contribution in [-0.4, -0.2) is 0 Å². The lowest BCUT2D eigenvalue weighted by molar-refractivity contribution is 0.590. The van der Waals surface area contributed by atoms with Gasteiger partial charge >= 0.3 is 0 Å². The highest BCUT2D eigenvalue weighted by Crippen LogP contribution is 2.54. The summed E-state index contributed by atoms with van der Waals surface area (Å²) in [4.78, 5) is 9.80. The predicted octanol–water partition coefficient (Wildman–Crippen LogP) is 22.6. The Morgan fingerprint density at radius 1 is 0.247 bits per heavy atom. The van der Waals surface area contributed by atoms with E-state index in [2.05, 4.69) is 345 Å². The van der Waals surface area contributed by atoms with Crippen LogP contribution in [0.25, 0.3) is 43.1 Å². The molecule has 0 radical (unpaired) electrons. The Balaban J connectivity index is 1.17. The normalized spacial score (nSPS) is 11.6. The number of nitrogens with zero attached hydrogens (tertiary/aromatic N) is 4. The molecular weight excluding hydrogens is 981 g/mol. The van der Waals surface area contributed by atoms with E-state index in [1.807, 2.05) is 0 Å². The fraction of sp³-hybridized carbons (Fsp3) is 0.0909. The molecule has 0 spiro atoms. The first kappa shape index (κ1) is 50.6. The maximum Gasteiger partial charge on any atom is 0.0620 e. The SMILES string of the molecule is CC(C)c1ccc(N(c2ccc3ccccc3c2)c2ccc3c(N(c4ccccc4)c4ccccc4)c4cc(N(c5ccc(C(C)(C)C)cc5)c5ccc6ccccc6c5)ccc4c(N(c4ccccc4)c4ccccc4)c3c2)cc1. The van der Waals surface area contributed by atoms with Gasteiger partial charge in [-0.25, -0.2) is 0 Å². The number of fused-ring (bicyclic) bond motifs is 4. The molecule has 13 aromatic rings. The van der Waals surface area contributed by atoms with Gasteiger partial charge in [0.15, 0.2) is 0 Å². The third-order valence-electron chi connectivity index (χ3n) is 15.8. The second-order valence-corrected chi connectivity index (χ2v) is 22.4. The van der Waals surface area contributed by atoms with Gasteiger partial charge in [0.1, 0.15) is 0 Å². The molecule has 13 rings (SSSR count). The largest absolute Gasteiger partial charge is 0.310 e. The molecule has 0 unspecified atom stereocenters. The van der Waals surface area contributed by atoms with Crippen LogP contribution < -0.4 is 19.6 Å². The molecule has 392 valence electrons. The highest BCUT2D eigenvalue weighted by atomic mass is 15.2. The van der Waals surface area contributed by atoms with Gasteiger partial charge in [-0.3, -0.25) is 0 Å². The van der Waals surface area contributed by atoms with Gasteiger partial charge in [0, 0.05) is 78.4 Å². The van der Waals surface area contributed by atoms with Crippen LogP contribution in [0.1, 0.15) is 51.7 Å². The average molecular weight is 1050 g/mol. The summed E-state index contributed by atoms with van der Waals surface area (Å²) in [7, 11) is 0. The van der Waals surface area contributed by atoms with Crippen molar-refractivity contribution in [3.8, 4) is 0 Å². The quantitative estimate of drug-likeness (QED) is 0.0843. The zero-order valence-electron chi connectivity index (χ0n) is 46.6. The van der Waals surface area contributed by atoms with Crippen LogP contribution >= 0.6 is 0 Å². The minimum absolute atomic E-state index is 0.00586. The molecule has 0 bridgehead atoms. The zero-order chi connectivity index (χ0) is 55.0. The van der Waals surface area contributed by atoms with Gasteiger partial charge in [-0.1, -0.05) is 204 Å². The van der Waals surface area contributed by atoms with Crippen LogP contribution in [0.5, 0.6) is 0 Å². The van der Waals surface area contributed by atoms with Gasteiger partial charge in [-0.05, 0) is 165 Å². The summed E-state index contributed by atoms with van der Waals surface area (Å²) in [5.41, 5.74) is 15.4. The summed E-state index contributed by atoms with van der Waals surface area (Å²) in [6.45, 7) is 11.4. The van der Waals surface area contributed by atoms with Crippen LogP contribution in [0.15, 0.2) is 291 Å². The standard InChI is InChI=1S/C77H64N4/c1-54(2)55-34-40-65(41-35-55)78(67-42-36-56-22-18-20-24-58(56)50-67)69-46-48-71-73(52-69)75(80(61-26-10-6-11-27-61)62-28-12-7-13-29-62)72-49-47-70(53-74(72)76(71)81(63-30-14-8-15-31-63)64-32-16-9-17-33-64)79(66-44-38-60(39-45-66)77(3,4)5)68-43-37-57-23-19-21-25-59(57)51-68/h6-54H,1-5H3. The first-order valence-corrected chi connectivity index (χ1v) is 28.3. The van der Waals surface area contributed by atoms with Gasteiger partial charge in [-0.15, -0.1) is 0 Å². The maximum absolute atomic E-state index is 2.47. The molecule has 0 aromatic heterocycles. The summed E-state index contributed by atoms with van der Waals surface area (Å²) < 4.78 is 0. The number of benzene rings is 13. The molecule has 4 heteroatoms. The van der Waals surface area contributed by atoms with Gasteiger partial charge in [0.05, 0.1) is 11.4 Å². The average Bonchev–Trinajstić information content (AvgIpc) is 3.61. The van der Waals surface area contributed by atoms with E-state index >= 15 is 0 Å². The highest BCUT2D eigenvalue weighted by Gasteiger charge is 2.28. The number of anilines is 12. The lowest BCUT2D eigenvalue weighted by Gasteiger charge is -2.34. The van der Waals surface area contributed by atoms with E-state index in [1.54, 1.807) is 0 Å². The predicted molar refractivity (Wildman–Crippen MR) is 348 cm³/mol. The summed E-state index contributed by atoms with van der Waals surface area (Å²) in [5.74, 6) is 0.399. The summed E-state index contributed by atoms with van der Waals surface area (Å²) in [5, 5.41) is 9.18. The van der Waals surface area contributed by atoms with Crippen LogP contribution in [0.3, 0.4) is 0 Å². The maximum atomic E-state index is 2.47. The summed E-state index contributed by atoms with van der Waals surface area (Å²) in [6.07, 6.45) is 0. The van der Waals surface area contributed by atoms with Crippen LogP contribution in [0.2, 0.25) is 0 Å². The van der Waals surface area contributed by atoms with Crippen molar-refractivity contribution in [2.75, 3.05) is 19.6 Å². The molecule has 0 saturated carbocycles. The number of hydrogen-bond donors (Lipinski definition) is 0. The van der Waals surface area contributed by atoms with E-state index in [-0.39, 0.29) is 5.41 Å². The Morgan fingerprint density at radius 3 is 0.901 bits per heavy atom. The third-order valence-corrected chi connectivity index (χ3v) is 15.8. The van der Waals surface area contributed by atoms with Crippen molar-refractivity contribution in [2.45, 2.75) is 46.0 Å². The Hall–Kier alpha value is -9.90. The van der Waals surface area contributed by atoms with E-state index in [1.165, 1.54) is 32.7 Å². The molecule has 0 aliphatic carbocycles. The van der Waals surface area contributed by atoms with Crippen LogP contribution in [0, 0.1) is 0 Å². The minimum atomic E-state index is -0.00586. The molecule has 0 aliphatic rings. The molecule has 0 N–H and O–H groups in total. The van der Waals surface area contributed by atoms with Crippen molar-refractivity contribution >= 4 is 111 Å². The second-order valence-electron chi connectivity index (χ2n) is 22.4. The molecule has 81 heavy (non-hydrogen) atoms. The lowest BCUT2D eigenvalue weighted by atomic mass is 9.87. The van der Waals surface area contributed by atoms with Crippen molar-refractivity contribution in [2.24, 2.45) is 0 Å². The van der Waals surface area contributed by atoms with E-state index < -0.39 is 0 Å². The van der Waals surface area contributed by atoms with Gasteiger partial charge in [-0.2, -0.15) is 0 Å². The first-order chi connectivity index (χ1) is 39.6. The second kappa shape index (κ2) is 21.4. The lowest BCUT2D eigenvalue weighted by Crippen LogP contribution is -2.16. The Labute approximate surface area is 476 Å². The molecule has 0 aliphatic heterocycles. The molecule has 0 amide bonds. The zero-order valence-corrected chi connectivity index (χ0v) is 46.6. The molecule has 13 aromatic carbocycles. The molecule has 4 nitrogen and oxygen atoms in total. The molecule has 0 saturated heterocycles. The van der Waals surface area contributed by atoms with E-state index in [0.717, 1.165) is 89.8 Å². The molecule has 0 fully saturated rings. The number of hydrogen-bond acceptors (Lipinski definition) is 4. The van der Waals surface area contributed by atoms with Crippen molar-refractivity contribution in [1.29, 1.82) is 0 Å². The minimum Gasteiger partial charge on any atom is -0.310 e. The first-order valence-electron chi connectivity index (χ1n) is 28.3. The fourth-order valence-electron chi connectivity index (χ4n) is 11.7. The van der Waals surface area contributed by atoms with Gasteiger partial charge in [0.2, 0.25) is 0 Å². The van der Waals surface area contributed by atoms with Crippen molar-refractivity contribution in [1.82, 2.24) is 0 Å². The van der Waals surface area contributed by atoms with Crippen LogP contribution in [-0.2, 0) is 5.41 Å².